The highest BCUT2D eigenvalue weighted by atomic mass is 35.5. The van der Waals surface area contributed by atoms with E-state index >= 15 is 0 Å². The maximum atomic E-state index is 10.8. The van der Waals surface area contributed by atoms with Gasteiger partial charge in [0, 0.05) is 29.0 Å². The fraction of sp³-hybridized carbons (Fsp3) is 0.296. The maximum absolute atomic E-state index is 10.8. The molecule has 0 fully saturated rings. The second-order valence-corrected chi connectivity index (χ2v) is 8.32. The first kappa shape index (κ1) is 24.5. The molecule has 3 aromatic carbocycles. The molecule has 0 aliphatic carbocycles. The fourth-order valence-corrected chi connectivity index (χ4v) is 3.75. The van der Waals surface area contributed by atoms with Gasteiger partial charge in [-0.05, 0) is 67.8 Å². The second-order valence-electron chi connectivity index (χ2n) is 7.89. The molecule has 5 nitrogen and oxygen atoms in total. The van der Waals surface area contributed by atoms with Gasteiger partial charge in [0.05, 0.1) is 19.8 Å². The van der Waals surface area contributed by atoms with Gasteiger partial charge in [-0.25, -0.2) is 0 Å². The Morgan fingerprint density at radius 3 is 2.55 bits per heavy atom. The van der Waals surface area contributed by atoms with Crippen LogP contribution in [0.4, 0.5) is 0 Å². The van der Waals surface area contributed by atoms with Crippen molar-refractivity contribution < 1.29 is 24.1 Å². The van der Waals surface area contributed by atoms with Gasteiger partial charge in [-0.1, -0.05) is 35.9 Å². The molecule has 1 N–H and O–H groups in total. The normalized spacial score (nSPS) is 11.6. The Kier molecular flexibility index (Phi) is 8.61. The van der Waals surface area contributed by atoms with Gasteiger partial charge in [-0.15, -0.1) is 0 Å². The first-order chi connectivity index (χ1) is 15.9. The lowest BCUT2D eigenvalue weighted by Gasteiger charge is -2.19. The van der Waals surface area contributed by atoms with Crippen molar-refractivity contribution >= 4 is 17.6 Å². The number of benzene rings is 3. The van der Waals surface area contributed by atoms with E-state index in [1.807, 2.05) is 74.5 Å². The first-order valence-electron chi connectivity index (χ1n) is 10.9. The number of carbonyl (C=O) groups is 1. The number of halogens is 1. The van der Waals surface area contributed by atoms with Gasteiger partial charge in [0.1, 0.15) is 17.2 Å². The van der Waals surface area contributed by atoms with E-state index in [0.29, 0.717) is 24.5 Å². The third-order valence-corrected chi connectivity index (χ3v) is 5.62. The van der Waals surface area contributed by atoms with E-state index in [0.717, 1.165) is 39.5 Å². The highest BCUT2D eigenvalue weighted by Gasteiger charge is 2.14. The summed E-state index contributed by atoms with van der Waals surface area (Å²) in [6.45, 7) is 4.46. The van der Waals surface area contributed by atoms with Crippen molar-refractivity contribution in [1.82, 2.24) is 0 Å². The number of methoxy groups -OCH3 is 1. The topological polar surface area (TPSA) is 65.0 Å². The van der Waals surface area contributed by atoms with Crippen LogP contribution in [0.1, 0.15) is 30.9 Å². The SMILES string of the molecule is COc1ccccc1-c1cc(Cl)ccc1OC(C)CCOc1ccc(CCC(=O)O)c(C)c1. The second kappa shape index (κ2) is 11.6. The van der Waals surface area contributed by atoms with Gasteiger partial charge in [-0.3, -0.25) is 4.79 Å². The number of ether oxygens (including phenoxy) is 3. The molecule has 0 aromatic heterocycles. The maximum Gasteiger partial charge on any atom is 0.303 e. The molecule has 33 heavy (non-hydrogen) atoms. The van der Waals surface area contributed by atoms with Crippen molar-refractivity contribution in [2.75, 3.05) is 13.7 Å². The standard InChI is InChI=1S/C27H29ClO5/c1-18-16-22(11-8-20(18)9-13-27(29)30)32-15-14-19(2)33-26-12-10-21(28)17-24(26)23-6-4-5-7-25(23)31-3/h4-8,10-12,16-17,19H,9,13-15H2,1-3H3,(H,29,30). The lowest BCUT2D eigenvalue weighted by Crippen LogP contribution is -2.16. The van der Waals surface area contributed by atoms with Crippen molar-refractivity contribution in [3.05, 3.63) is 76.8 Å². The van der Waals surface area contributed by atoms with Gasteiger partial charge < -0.3 is 19.3 Å². The average Bonchev–Trinajstić information content (AvgIpc) is 2.79. The molecule has 174 valence electrons. The van der Waals surface area contributed by atoms with Crippen molar-refractivity contribution in [3.8, 4) is 28.4 Å². The van der Waals surface area contributed by atoms with Crippen molar-refractivity contribution in [2.24, 2.45) is 0 Å². The fourth-order valence-electron chi connectivity index (χ4n) is 3.58. The summed E-state index contributed by atoms with van der Waals surface area (Å²) in [4.78, 5) is 10.8. The van der Waals surface area contributed by atoms with Gasteiger partial charge in [0.15, 0.2) is 0 Å². The van der Waals surface area contributed by atoms with Crippen LogP contribution in [-0.2, 0) is 11.2 Å². The molecule has 0 amide bonds. The summed E-state index contributed by atoms with van der Waals surface area (Å²) in [6.07, 6.45) is 1.24. The Hall–Kier alpha value is -3.18. The number of hydrogen-bond acceptors (Lipinski definition) is 4. The molecule has 0 saturated heterocycles. The average molecular weight is 469 g/mol. The molecule has 0 radical (unpaired) electrons. The van der Waals surface area contributed by atoms with Gasteiger partial charge in [0.2, 0.25) is 0 Å². The van der Waals surface area contributed by atoms with Crippen LogP contribution in [0.2, 0.25) is 5.02 Å². The molecule has 0 bridgehead atoms. The minimum atomic E-state index is -0.793. The Morgan fingerprint density at radius 1 is 1.03 bits per heavy atom. The molecule has 0 spiro atoms. The molecule has 0 saturated carbocycles. The molecule has 3 aromatic rings. The van der Waals surface area contributed by atoms with Gasteiger partial charge in [-0.2, -0.15) is 0 Å². The third-order valence-electron chi connectivity index (χ3n) is 5.38. The summed E-state index contributed by atoms with van der Waals surface area (Å²) in [7, 11) is 1.64. The first-order valence-corrected chi connectivity index (χ1v) is 11.3. The van der Waals surface area contributed by atoms with Crippen molar-refractivity contribution in [3.63, 3.8) is 0 Å². The number of hydrogen-bond donors (Lipinski definition) is 1. The number of carboxylic acid groups (broad SMARTS) is 1. The highest BCUT2D eigenvalue weighted by molar-refractivity contribution is 6.31. The van der Waals surface area contributed by atoms with E-state index in [1.165, 1.54) is 0 Å². The smallest absolute Gasteiger partial charge is 0.303 e. The predicted molar refractivity (Wildman–Crippen MR) is 131 cm³/mol. The Balaban J connectivity index is 1.61. The van der Waals surface area contributed by atoms with Crippen LogP contribution < -0.4 is 14.2 Å². The van der Waals surface area contributed by atoms with E-state index in [4.69, 9.17) is 30.9 Å². The summed E-state index contributed by atoms with van der Waals surface area (Å²) in [5, 5.41) is 9.49. The summed E-state index contributed by atoms with van der Waals surface area (Å²) in [6, 6.07) is 19.1. The zero-order chi connectivity index (χ0) is 23.8. The van der Waals surface area contributed by atoms with Crippen LogP contribution >= 0.6 is 11.6 Å². The summed E-state index contributed by atoms with van der Waals surface area (Å²) >= 11 is 6.26. The third kappa shape index (κ3) is 6.90. The minimum Gasteiger partial charge on any atom is -0.496 e. The molecule has 0 aliphatic rings. The van der Waals surface area contributed by atoms with Crippen LogP contribution in [0.15, 0.2) is 60.7 Å². The van der Waals surface area contributed by atoms with E-state index in [9.17, 15) is 4.79 Å². The van der Waals surface area contributed by atoms with Gasteiger partial charge in [0.25, 0.3) is 0 Å². The van der Waals surface area contributed by atoms with Crippen molar-refractivity contribution in [2.45, 2.75) is 39.2 Å². The predicted octanol–water partition coefficient (Wildman–Crippen LogP) is 6.58. The monoisotopic (exact) mass is 468 g/mol. The number of aryl methyl sites for hydroxylation is 2. The number of aliphatic carboxylic acids is 1. The zero-order valence-corrected chi connectivity index (χ0v) is 19.9. The molecular weight excluding hydrogens is 440 g/mol. The van der Waals surface area contributed by atoms with Crippen LogP contribution in [0.5, 0.6) is 17.2 Å². The molecule has 1 unspecified atom stereocenters. The van der Waals surface area contributed by atoms with Crippen molar-refractivity contribution in [1.29, 1.82) is 0 Å². The number of para-hydroxylation sites is 1. The molecule has 0 aliphatic heterocycles. The molecule has 1 atom stereocenters. The number of rotatable bonds is 11. The zero-order valence-electron chi connectivity index (χ0n) is 19.1. The Morgan fingerprint density at radius 2 is 1.82 bits per heavy atom. The van der Waals surface area contributed by atoms with E-state index in [2.05, 4.69) is 0 Å². The Labute approximate surface area is 199 Å². The molecule has 6 heteroatoms. The lowest BCUT2D eigenvalue weighted by atomic mass is 10.0. The largest absolute Gasteiger partial charge is 0.496 e. The highest BCUT2D eigenvalue weighted by Crippen LogP contribution is 2.38. The molecule has 3 rings (SSSR count). The Bertz CT molecular complexity index is 1100. The van der Waals surface area contributed by atoms with Gasteiger partial charge >= 0.3 is 5.97 Å². The molecule has 0 heterocycles. The number of carboxylic acids is 1. The summed E-state index contributed by atoms with van der Waals surface area (Å²) in [5.41, 5.74) is 3.84. The summed E-state index contributed by atoms with van der Waals surface area (Å²) in [5.74, 6) is 1.45. The minimum absolute atomic E-state index is 0.0874. The van der Waals surface area contributed by atoms with Crippen LogP contribution in [0.25, 0.3) is 11.1 Å². The van der Waals surface area contributed by atoms with Crippen LogP contribution in [-0.4, -0.2) is 30.9 Å². The summed E-state index contributed by atoms with van der Waals surface area (Å²) < 4.78 is 17.7. The van der Waals surface area contributed by atoms with E-state index < -0.39 is 5.97 Å². The van der Waals surface area contributed by atoms with E-state index in [-0.39, 0.29) is 12.5 Å². The van der Waals surface area contributed by atoms with E-state index in [1.54, 1.807) is 7.11 Å². The lowest BCUT2D eigenvalue weighted by molar-refractivity contribution is -0.136. The van der Waals surface area contributed by atoms with Crippen LogP contribution in [0.3, 0.4) is 0 Å². The van der Waals surface area contributed by atoms with Crippen LogP contribution in [0, 0.1) is 6.92 Å². The quantitative estimate of drug-likeness (QED) is 0.344. The molecular formula is C27H29ClO5.